The lowest BCUT2D eigenvalue weighted by Crippen LogP contribution is -2.14. The summed E-state index contributed by atoms with van der Waals surface area (Å²) in [6.07, 6.45) is 6.34. The highest BCUT2D eigenvalue weighted by atomic mass is 32.2. The number of anilines is 1. The maximum atomic E-state index is 13.0. The molecular formula is C19H18N6O4S. The zero-order valence-corrected chi connectivity index (χ0v) is 17.2. The fraction of sp³-hybridized carbons (Fsp3) is 0.158. The molecule has 0 aliphatic heterocycles. The first-order chi connectivity index (χ1) is 14.3. The number of sulfonamides is 1. The number of fused-ring (bicyclic) bond motifs is 1. The molecule has 3 heterocycles. The fourth-order valence-corrected chi connectivity index (χ4v) is 4.09. The van der Waals surface area contributed by atoms with E-state index < -0.39 is 10.0 Å². The molecule has 11 heteroatoms. The largest absolute Gasteiger partial charge is 0.494 e. The second kappa shape index (κ2) is 7.26. The predicted octanol–water partition coefficient (Wildman–Crippen LogP) is 2.08. The average Bonchev–Trinajstić information content (AvgIpc) is 3.36. The van der Waals surface area contributed by atoms with Crippen LogP contribution in [-0.4, -0.2) is 46.4 Å². The van der Waals surface area contributed by atoms with Crippen LogP contribution in [0.2, 0.25) is 0 Å². The lowest BCUT2D eigenvalue weighted by atomic mass is 10.2. The molecule has 0 spiro atoms. The van der Waals surface area contributed by atoms with Crippen molar-refractivity contribution in [3.8, 4) is 11.6 Å². The minimum Gasteiger partial charge on any atom is -0.494 e. The highest BCUT2D eigenvalue weighted by Gasteiger charge is 2.22. The van der Waals surface area contributed by atoms with Crippen molar-refractivity contribution in [1.82, 2.24) is 24.5 Å². The van der Waals surface area contributed by atoms with E-state index in [1.54, 1.807) is 43.0 Å². The third-order valence-electron chi connectivity index (χ3n) is 4.69. The van der Waals surface area contributed by atoms with Crippen LogP contribution >= 0.6 is 0 Å². The van der Waals surface area contributed by atoms with Crippen molar-refractivity contribution in [2.45, 2.75) is 11.8 Å². The van der Waals surface area contributed by atoms with Gasteiger partial charge >= 0.3 is 0 Å². The van der Waals surface area contributed by atoms with E-state index in [0.29, 0.717) is 34.5 Å². The lowest BCUT2D eigenvalue weighted by molar-refractivity contribution is 0.112. The van der Waals surface area contributed by atoms with E-state index in [0.717, 1.165) is 5.39 Å². The van der Waals surface area contributed by atoms with Gasteiger partial charge in [0.25, 0.3) is 10.0 Å². The van der Waals surface area contributed by atoms with Gasteiger partial charge in [-0.2, -0.15) is 10.2 Å². The Balaban J connectivity index is 1.73. The first-order valence-electron chi connectivity index (χ1n) is 8.82. The molecule has 30 heavy (non-hydrogen) atoms. The van der Waals surface area contributed by atoms with Gasteiger partial charge in [-0.3, -0.25) is 14.2 Å². The normalized spacial score (nSPS) is 11.6. The number of hydrogen-bond donors (Lipinski definition) is 1. The van der Waals surface area contributed by atoms with E-state index in [9.17, 15) is 13.2 Å². The molecule has 0 amide bonds. The molecule has 0 aliphatic rings. The molecule has 0 saturated heterocycles. The Bertz CT molecular complexity index is 1370. The maximum absolute atomic E-state index is 13.0. The Morgan fingerprint density at radius 3 is 2.67 bits per heavy atom. The summed E-state index contributed by atoms with van der Waals surface area (Å²) in [7, 11) is -0.801. The summed E-state index contributed by atoms with van der Waals surface area (Å²) in [4.78, 5) is 15.1. The summed E-state index contributed by atoms with van der Waals surface area (Å²) in [5, 5.41) is 9.04. The number of pyridine rings is 1. The van der Waals surface area contributed by atoms with E-state index in [-0.39, 0.29) is 10.6 Å². The molecule has 10 nitrogen and oxygen atoms in total. The fourth-order valence-electron chi connectivity index (χ4n) is 3.08. The quantitative estimate of drug-likeness (QED) is 0.469. The topological polar surface area (TPSA) is 121 Å². The smallest absolute Gasteiger partial charge is 0.265 e. The van der Waals surface area contributed by atoms with Crippen LogP contribution in [0, 0.1) is 6.92 Å². The van der Waals surface area contributed by atoms with Gasteiger partial charge in [0.1, 0.15) is 16.3 Å². The zero-order chi connectivity index (χ0) is 21.5. The molecule has 1 aromatic carbocycles. The van der Waals surface area contributed by atoms with Crippen LogP contribution in [0.5, 0.6) is 5.75 Å². The van der Waals surface area contributed by atoms with Crippen LogP contribution in [0.4, 0.5) is 5.69 Å². The van der Waals surface area contributed by atoms with Crippen molar-refractivity contribution >= 4 is 32.9 Å². The van der Waals surface area contributed by atoms with Crippen molar-refractivity contribution < 1.29 is 17.9 Å². The molecule has 4 aromatic rings. The minimum absolute atomic E-state index is 0.0531. The summed E-state index contributed by atoms with van der Waals surface area (Å²) in [5.74, 6) is 0.759. The molecule has 0 aliphatic carbocycles. The van der Waals surface area contributed by atoms with Crippen LogP contribution in [0.25, 0.3) is 16.7 Å². The van der Waals surface area contributed by atoms with Crippen LogP contribution in [-0.2, 0) is 17.1 Å². The standard InChI is InChI=1S/C19H18N6O4S/c1-12-6-17(20-7-14(12)11-26)25-10-15(9-22-25)30(27,28)23-18-16(29-3)5-4-13-8-21-24(2)19(13)18/h4-11,23H,1-3H3. The number of carbonyl (C=O) groups excluding carboxylic acids is 1. The number of hydrogen-bond acceptors (Lipinski definition) is 7. The average molecular weight is 426 g/mol. The summed E-state index contributed by atoms with van der Waals surface area (Å²) < 4.78 is 36.9. The van der Waals surface area contributed by atoms with Gasteiger partial charge in [0.05, 0.1) is 31.2 Å². The number of nitrogens with one attached hydrogen (secondary N) is 1. The third kappa shape index (κ3) is 3.28. The molecule has 4 rings (SSSR count). The predicted molar refractivity (Wildman–Crippen MR) is 110 cm³/mol. The number of methoxy groups -OCH3 is 1. The van der Waals surface area contributed by atoms with Gasteiger partial charge < -0.3 is 4.74 Å². The van der Waals surface area contributed by atoms with Crippen LogP contribution < -0.4 is 9.46 Å². The Kier molecular flexibility index (Phi) is 4.74. The number of aromatic nitrogens is 5. The van der Waals surface area contributed by atoms with Gasteiger partial charge in [0, 0.05) is 24.2 Å². The first-order valence-corrected chi connectivity index (χ1v) is 10.3. The molecule has 0 saturated carbocycles. The molecule has 3 aromatic heterocycles. The molecule has 1 N–H and O–H groups in total. The molecular weight excluding hydrogens is 408 g/mol. The SMILES string of the molecule is COc1ccc2cnn(C)c2c1NS(=O)(=O)c1cnn(-c2cc(C)c(C=O)cn2)c1. The highest BCUT2D eigenvalue weighted by Crippen LogP contribution is 2.34. The van der Waals surface area contributed by atoms with Gasteiger partial charge in [-0.05, 0) is 30.7 Å². The monoisotopic (exact) mass is 426 g/mol. The molecule has 154 valence electrons. The number of nitrogens with zero attached hydrogens (tertiary/aromatic N) is 5. The summed E-state index contributed by atoms with van der Waals surface area (Å²) in [6, 6.07) is 5.13. The lowest BCUT2D eigenvalue weighted by Gasteiger charge is -2.13. The molecule has 0 atom stereocenters. The second-order valence-electron chi connectivity index (χ2n) is 6.59. The highest BCUT2D eigenvalue weighted by molar-refractivity contribution is 7.92. The Labute approximate surface area is 172 Å². The van der Waals surface area contributed by atoms with Crippen molar-refractivity contribution in [3.63, 3.8) is 0 Å². The summed E-state index contributed by atoms with van der Waals surface area (Å²) in [5.41, 5.74) is 2.04. The Morgan fingerprint density at radius 2 is 1.97 bits per heavy atom. The van der Waals surface area contributed by atoms with E-state index >= 15 is 0 Å². The van der Waals surface area contributed by atoms with Crippen molar-refractivity contribution in [2.75, 3.05) is 11.8 Å². The van der Waals surface area contributed by atoms with E-state index in [4.69, 9.17) is 4.74 Å². The van der Waals surface area contributed by atoms with Gasteiger partial charge in [0.2, 0.25) is 0 Å². The van der Waals surface area contributed by atoms with E-state index in [1.807, 2.05) is 0 Å². The van der Waals surface area contributed by atoms with Gasteiger partial charge in [0.15, 0.2) is 12.1 Å². The van der Waals surface area contributed by atoms with Crippen molar-refractivity contribution in [1.29, 1.82) is 0 Å². The number of ether oxygens (including phenoxy) is 1. The molecule has 0 radical (unpaired) electrons. The van der Waals surface area contributed by atoms with Gasteiger partial charge in [-0.1, -0.05) is 0 Å². The van der Waals surface area contributed by atoms with Crippen LogP contribution in [0.15, 0.2) is 47.9 Å². The first kappa shape index (κ1) is 19.6. The molecule has 0 unspecified atom stereocenters. The van der Waals surface area contributed by atoms with Crippen molar-refractivity contribution in [2.24, 2.45) is 7.05 Å². The van der Waals surface area contributed by atoms with E-state index in [1.165, 1.54) is 30.4 Å². The van der Waals surface area contributed by atoms with Gasteiger partial charge in [-0.15, -0.1) is 0 Å². The van der Waals surface area contributed by atoms with Gasteiger partial charge in [-0.25, -0.2) is 18.1 Å². The number of benzene rings is 1. The minimum atomic E-state index is -3.98. The number of rotatable bonds is 6. The number of aldehydes is 1. The number of carbonyl (C=O) groups is 1. The zero-order valence-electron chi connectivity index (χ0n) is 16.4. The summed E-state index contributed by atoms with van der Waals surface area (Å²) in [6.45, 7) is 1.76. The Hall–Kier alpha value is -3.73. The third-order valence-corrected chi connectivity index (χ3v) is 5.99. The molecule has 0 fully saturated rings. The molecule has 0 bridgehead atoms. The van der Waals surface area contributed by atoms with Crippen molar-refractivity contribution in [3.05, 3.63) is 54.1 Å². The summed E-state index contributed by atoms with van der Waals surface area (Å²) >= 11 is 0. The number of aryl methyl sites for hydroxylation is 2. The second-order valence-corrected chi connectivity index (χ2v) is 8.27. The van der Waals surface area contributed by atoms with Crippen LogP contribution in [0.3, 0.4) is 0 Å². The van der Waals surface area contributed by atoms with Crippen LogP contribution in [0.1, 0.15) is 15.9 Å². The van der Waals surface area contributed by atoms with E-state index in [2.05, 4.69) is 19.9 Å². The Morgan fingerprint density at radius 1 is 1.17 bits per heavy atom. The maximum Gasteiger partial charge on any atom is 0.265 e.